The number of thiophene rings is 2. The van der Waals surface area contributed by atoms with Crippen molar-refractivity contribution in [3.63, 3.8) is 0 Å². The molecule has 8 N–H and O–H groups in total. The van der Waals surface area contributed by atoms with Crippen molar-refractivity contribution < 1.29 is 41.7 Å². The maximum Gasteiger partial charge on any atom is 0.297 e. The number of anilines is 9. The van der Waals surface area contributed by atoms with Gasteiger partial charge in [0.1, 0.15) is 32.9 Å². The van der Waals surface area contributed by atoms with Crippen molar-refractivity contribution in [3.8, 4) is 6.07 Å². The molecule has 478 valence electrons. The summed E-state index contributed by atoms with van der Waals surface area (Å²) in [6.07, 6.45) is 2.77. The molecule has 5 aromatic carbocycles. The van der Waals surface area contributed by atoms with E-state index in [1.165, 1.54) is 61.2 Å². The Bertz CT molecular complexity index is 4570. The van der Waals surface area contributed by atoms with Crippen LogP contribution < -0.4 is 42.1 Å². The van der Waals surface area contributed by atoms with Gasteiger partial charge in [0.25, 0.3) is 21.9 Å². The fraction of sp³-hybridized carbons (Fsp3) is 0.172. The third kappa shape index (κ3) is 17.7. The summed E-state index contributed by atoms with van der Waals surface area (Å²) < 4.78 is 36.7. The molecular weight excluding hydrogens is 1280 g/mol. The summed E-state index contributed by atoms with van der Waals surface area (Å²) in [6, 6.07) is 35.4. The molecule has 8 aromatic rings. The summed E-state index contributed by atoms with van der Waals surface area (Å²) in [5, 5.41) is 42.8. The zero-order chi connectivity index (χ0) is 67.6. The van der Waals surface area contributed by atoms with E-state index in [1.54, 1.807) is 48.5 Å². The number of aromatic nitrogens is 3. The number of amides is 4. The highest BCUT2D eigenvalue weighted by Crippen LogP contribution is 2.44. The van der Waals surface area contributed by atoms with Crippen LogP contribution in [0.5, 0.6) is 0 Å². The quantitative estimate of drug-likeness (QED) is 0.00335. The average Bonchev–Trinajstić information content (AvgIpc) is 1.61. The summed E-state index contributed by atoms with van der Waals surface area (Å²) in [4.78, 5) is 97.2. The summed E-state index contributed by atoms with van der Waals surface area (Å²) in [6.45, 7) is 20.8. The van der Waals surface area contributed by atoms with Gasteiger partial charge < -0.3 is 42.1 Å². The molecule has 0 saturated carbocycles. The van der Waals surface area contributed by atoms with Crippen molar-refractivity contribution in [1.82, 2.24) is 15.0 Å². The van der Waals surface area contributed by atoms with E-state index in [-0.39, 0.29) is 60.9 Å². The van der Waals surface area contributed by atoms with Crippen LogP contribution in [0.1, 0.15) is 72.8 Å². The number of Topliss-reactive ketones (excluding diaryl/α,β-unsaturated/α-hetero) is 2. The smallest absolute Gasteiger partial charge is 0.297 e. The molecule has 0 radical (unpaired) electrons. The molecule has 0 fully saturated rings. The maximum absolute atomic E-state index is 13.6. The fourth-order valence-electron chi connectivity index (χ4n) is 9.07. The molecule has 8 rings (SSSR count). The Morgan fingerprint density at radius 2 is 1.23 bits per heavy atom. The minimum absolute atomic E-state index is 0.0125. The second-order valence-corrected chi connectivity index (χ2v) is 24.3. The minimum atomic E-state index is -5.24. The molecule has 0 aliphatic heterocycles. The number of hydrogen-bond donors (Lipinski definition) is 7. The number of thioether (sulfide) groups is 1. The van der Waals surface area contributed by atoms with Gasteiger partial charge in [0, 0.05) is 70.8 Å². The standard InChI is InChI=1S/C64H59N17O9S4/c1-8-80(9-2)44-23-25-50(76-78-60-49(34-65)56(94(88,89)90)55(93-60)33-48(38(6)84)59(87)69-42-21-15-19-40(27-42)57(66)85)52(29-44)71-62-73-63(75-64(74-62)91-35-39-17-13-12-14-18-39)72-53-30-45(81(10-3)11-4)24-26-51(53)77-79-61-54(67-7)32-46(92-61)31-47(37(5)83)58(86)70-43-22-16-20-41(28-43)68-36-82/h12-33,36H,8-11,35H2,1-6H3,(H2,66,85)(H,68,82)(H,69,87)(H,70,86)(H,88,89,90)(H2,71,72,73,74,75)/b47-31+,48-33-,78-76?,79-77?. The number of carbonyl (C=O) groups excluding carboxylic acids is 6. The lowest BCUT2D eigenvalue weighted by Gasteiger charge is -2.22. The van der Waals surface area contributed by atoms with Gasteiger partial charge in [-0.15, -0.1) is 38.0 Å². The van der Waals surface area contributed by atoms with Crippen LogP contribution in [0.15, 0.2) is 163 Å². The molecular formula is C64H59N17O9S4. The first-order valence-electron chi connectivity index (χ1n) is 28.6. The number of ketones is 2. The Kier molecular flexibility index (Phi) is 23.2. The van der Waals surface area contributed by atoms with Gasteiger partial charge in [-0.1, -0.05) is 54.2 Å². The van der Waals surface area contributed by atoms with E-state index in [0.717, 1.165) is 41.3 Å². The second kappa shape index (κ2) is 31.7. The van der Waals surface area contributed by atoms with Gasteiger partial charge in [0.15, 0.2) is 21.7 Å². The predicted octanol–water partition coefficient (Wildman–Crippen LogP) is 13.9. The normalized spacial score (nSPS) is 11.6. The number of benzene rings is 5. The maximum atomic E-state index is 13.6. The molecule has 94 heavy (non-hydrogen) atoms. The van der Waals surface area contributed by atoms with Crippen LogP contribution in [0.3, 0.4) is 0 Å². The van der Waals surface area contributed by atoms with Crippen molar-refractivity contribution >= 4 is 171 Å². The lowest BCUT2D eigenvalue weighted by Crippen LogP contribution is -2.21. The zero-order valence-corrected chi connectivity index (χ0v) is 54.4. The summed E-state index contributed by atoms with van der Waals surface area (Å²) in [7, 11) is -5.24. The summed E-state index contributed by atoms with van der Waals surface area (Å²) >= 11 is 2.89. The van der Waals surface area contributed by atoms with Crippen LogP contribution in [0.2, 0.25) is 0 Å². The van der Waals surface area contributed by atoms with Gasteiger partial charge >= 0.3 is 0 Å². The van der Waals surface area contributed by atoms with Crippen LogP contribution in [-0.2, 0) is 39.8 Å². The molecule has 4 amide bonds. The van der Waals surface area contributed by atoms with E-state index >= 15 is 0 Å². The molecule has 26 nitrogen and oxygen atoms in total. The third-order valence-corrected chi connectivity index (χ3v) is 17.6. The number of azo groups is 2. The first-order chi connectivity index (χ1) is 45.1. The van der Waals surface area contributed by atoms with E-state index in [9.17, 15) is 47.0 Å². The van der Waals surface area contributed by atoms with Gasteiger partial charge in [-0.25, -0.2) is 4.85 Å². The van der Waals surface area contributed by atoms with Crippen molar-refractivity contribution in [2.45, 2.75) is 57.3 Å². The molecule has 0 saturated heterocycles. The van der Waals surface area contributed by atoms with Gasteiger partial charge in [0.05, 0.1) is 34.0 Å². The highest BCUT2D eigenvalue weighted by atomic mass is 32.2. The van der Waals surface area contributed by atoms with Crippen molar-refractivity contribution in [1.29, 1.82) is 5.26 Å². The molecule has 0 atom stereocenters. The van der Waals surface area contributed by atoms with E-state index in [4.69, 9.17) is 27.3 Å². The first-order valence-corrected chi connectivity index (χ1v) is 32.6. The Labute approximate surface area is 552 Å². The van der Waals surface area contributed by atoms with Crippen LogP contribution >= 0.6 is 34.4 Å². The van der Waals surface area contributed by atoms with Crippen molar-refractivity contribution in [2.24, 2.45) is 26.2 Å². The Morgan fingerprint density at radius 1 is 0.691 bits per heavy atom. The topological polar surface area (TPSA) is 366 Å². The lowest BCUT2D eigenvalue weighted by molar-refractivity contribution is -0.120. The van der Waals surface area contributed by atoms with Crippen LogP contribution in [0, 0.1) is 17.9 Å². The van der Waals surface area contributed by atoms with Gasteiger partial charge in [-0.2, -0.15) is 33.7 Å². The lowest BCUT2D eigenvalue weighted by atomic mass is 10.1. The molecule has 3 heterocycles. The van der Waals surface area contributed by atoms with Crippen LogP contribution in [0.4, 0.5) is 78.8 Å². The molecule has 3 aromatic heterocycles. The third-order valence-electron chi connectivity index (χ3n) is 13.7. The van der Waals surface area contributed by atoms with E-state index in [2.05, 4.69) is 61.7 Å². The number of primary amides is 1. The Morgan fingerprint density at radius 3 is 1.76 bits per heavy atom. The second-order valence-electron chi connectivity index (χ2n) is 19.9. The SMILES string of the molecule is [C-]#[N+]c1cc(/C=C(\C(C)=O)C(=O)Nc2cccc(NC=O)c2)sc1N=Nc1ccc(N(CC)CC)cc1Nc1nc(Nc2cc(N(CC)CC)ccc2N=Nc2sc(/C=C(/C(C)=O)C(=O)Nc3cccc(C(N)=O)c3)c(S(=O)(=O)O)c2C#N)nc(SCc2ccccc2)n1. The largest absolute Gasteiger partial charge is 0.372 e. The molecule has 0 spiro atoms. The monoisotopic (exact) mass is 1340 g/mol. The van der Waals surface area contributed by atoms with Crippen molar-refractivity contribution in [3.05, 3.63) is 170 Å². The van der Waals surface area contributed by atoms with Crippen molar-refractivity contribution in [2.75, 3.05) is 62.6 Å². The van der Waals surface area contributed by atoms with E-state index in [1.807, 2.05) is 70.2 Å². The van der Waals surface area contributed by atoms with Gasteiger partial charge in [-0.3, -0.25) is 33.3 Å². The number of nitrogens with zero attached hydrogens (tertiary/aromatic N) is 11. The minimum Gasteiger partial charge on any atom is -0.372 e. The number of hydrogen-bond acceptors (Lipinski definition) is 23. The molecule has 0 unspecified atom stereocenters. The highest BCUT2D eigenvalue weighted by molar-refractivity contribution is 7.98. The molecule has 0 aliphatic rings. The number of nitrogens with two attached hydrogens (primary N) is 1. The average molecular weight is 1340 g/mol. The molecule has 0 bridgehead atoms. The number of rotatable bonds is 29. The van der Waals surface area contributed by atoms with E-state index in [0.29, 0.717) is 77.3 Å². The highest BCUT2D eigenvalue weighted by Gasteiger charge is 2.29. The van der Waals surface area contributed by atoms with E-state index < -0.39 is 60.3 Å². The summed E-state index contributed by atoms with van der Waals surface area (Å²) in [5.41, 5.74) is 8.58. The molecule has 30 heteroatoms. The van der Waals surface area contributed by atoms with Crippen LogP contribution in [0.25, 0.3) is 17.0 Å². The fourth-order valence-corrected chi connectivity index (χ4v) is 12.9. The van der Waals surface area contributed by atoms with Gasteiger partial charge in [0.2, 0.25) is 29.9 Å². The Balaban J connectivity index is 1.18. The first kappa shape index (κ1) is 68.8. The number of carbonyl (C=O) groups is 6. The zero-order valence-electron chi connectivity index (χ0n) is 51.2. The summed E-state index contributed by atoms with van der Waals surface area (Å²) in [5.74, 6) is -3.37. The Hall–Kier alpha value is -11.2. The van der Waals surface area contributed by atoms with Crippen LogP contribution in [-0.4, -0.2) is 89.8 Å². The van der Waals surface area contributed by atoms with Gasteiger partial charge in [-0.05, 0) is 138 Å². The number of nitriles is 1. The predicted molar refractivity (Wildman–Crippen MR) is 366 cm³/mol. The molecule has 0 aliphatic carbocycles. The number of nitrogens with one attached hydrogen (secondary N) is 5.